The van der Waals surface area contributed by atoms with Gasteiger partial charge in [-0.1, -0.05) is 323 Å². The van der Waals surface area contributed by atoms with Gasteiger partial charge in [-0.2, -0.15) is 0 Å². The summed E-state index contributed by atoms with van der Waals surface area (Å²) in [5.74, 6) is -0.872. The molecule has 0 rings (SSSR count). The van der Waals surface area contributed by atoms with Crippen molar-refractivity contribution < 1.29 is 28.6 Å². The molecule has 0 spiro atoms. The van der Waals surface area contributed by atoms with Crippen LogP contribution in [0.2, 0.25) is 0 Å². The van der Waals surface area contributed by atoms with Crippen molar-refractivity contribution in [2.45, 2.75) is 348 Å². The van der Waals surface area contributed by atoms with Crippen LogP contribution in [0.15, 0.2) is 109 Å². The van der Waals surface area contributed by atoms with E-state index >= 15 is 0 Å². The van der Waals surface area contributed by atoms with E-state index < -0.39 is 6.10 Å². The fourth-order valence-electron chi connectivity index (χ4n) is 9.99. The number of allylic oxidation sites excluding steroid dienone is 18. The van der Waals surface area contributed by atoms with Crippen LogP contribution in [-0.2, 0) is 28.6 Å². The van der Waals surface area contributed by atoms with E-state index in [-0.39, 0.29) is 31.1 Å². The Labute approximate surface area is 514 Å². The Hall–Kier alpha value is -3.93. The molecule has 1 unspecified atom stereocenters. The first kappa shape index (κ1) is 79.1. The lowest BCUT2D eigenvalue weighted by Crippen LogP contribution is -2.30. The van der Waals surface area contributed by atoms with Crippen LogP contribution in [0.5, 0.6) is 0 Å². The third kappa shape index (κ3) is 68.7. The second-order valence-electron chi connectivity index (χ2n) is 23.4. The van der Waals surface area contributed by atoms with Crippen LogP contribution in [0.1, 0.15) is 342 Å². The molecule has 0 N–H and O–H groups in total. The van der Waals surface area contributed by atoms with Crippen LogP contribution >= 0.6 is 0 Å². The van der Waals surface area contributed by atoms with Crippen molar-refractivity contribution in [2.75, 3.05) is 13.2 Å². The molecule has 0 aromatic heterocycles. The summed E-state index contributed by atoms with van der Waals surface area (Å²) in [6.45, 7) is 6.55. The summed E-state index contributed by atoms with van der Waals surface area (Å²) in [6.07, 6.45) is 96.8. The van der Waals surface area contributed by atoms with E-state index in [9.17, 15) is 14.4 Å². The summed E-state index contributed by atoms with van der Waals surface area (Å²) in [5.41, 5.74) is 0. The highest BCUT2D eigenvalue weighted by molar-refractivity contribution is 5.71. The number of ether oxygens (including phenoxy) is 3. The molecule has 6 nitrogen and oxygen atoms in total. The summed E-state index contributed by atoms with van der Waals surface area (Å²) in [6, 6.07) is 0. The van der Waals surface area contributed by atoms with Gasteiger partial charge >= 0.3 is 17.9 Å². The number of carbonyl (C=O) groups is 3. The average Bonchev–Trinajstić information content (AvgIpc) is 3.49. The lowest BCUT2D eigenvalue weighted by atomic mass is 10.0. The van der Waals surface area contributed by atoms with Crippen LogP contribution in [0.3, 0.4) is 0 Å². The fraction of sp³-hybridized carbons (Fsp3) is 0.727. The first-order valence-corrected chi connectivity index (χ1v) is 35.4. The SMILES string of the molecule is CC/C=C\C/C=C\C/C=C\C/C=C\C/C=C\C/C=C\C/C=C\C/C=C\CCCCCCCCCCCCC(=O)OCC(COC(=O)CCCCCCCCCCCCCC)OC(=O)CCCCCCCCC/C=C\CCCCCCCCC. The first-order chi connectivity index (χ1) is 41.0. The molecule has 0 fully saturated rings. The molecule has 6 heteroatoms. The number of hydrogen-bond acceptors (Lipinski definition) is 6. The van der Waals surface area contributed by atoms with Gasteiger partial charge in [-0.05, 0) is 109 Å². The van der Waals surface area contributed by atoms with E-state index in [1.165, 1.54) is 193 Å². The van der Waals surface area contributed by atoms with E-state index in [1.807, 2.05) is 0 Å². The smallest absolute Gasteiger partial charge is 0.306 e. The van der Waals surface area contributed by atoms with Crippen LogP contribution in [0, 0.1) is 0 Å². The standard InChI is InChI=1S/C77H132O6/c1-4-7-10-13-16-19-22-25-27-29-31-32-33-34-35-36-37-38-39-40-41-42-43-44-45-46-47-49-50-52-55-58-61-64-67-70-76(79)82-73-74(72-81-75(78)69-66-63-60-57-54-24-21-18-15-12-9-6-3)83-77(80)71-68-65-62-59-56-53-51-48-30-28-26-23-20-17-14-11-8-5-2/h7,10,16,19,25,27-28,30-32,34-35,37-38,40-41,43-44,74H,4-6,8-9,11-15,17-18,20-24,26,29,33,36,39,42,45-73H2,1-3H3/b10-7-,19-16-,27-25-,30-28-,32-31-,35-34-,38-37-,41-40-,44-43-. The Morgan fingerprint density at radius 1 is 0.253 bits per heavy atom. The molecule has 0 aliphatic rings. The summed E-state index contributed by atoms with van der Waals surface area (Å²) >= 11 is 0. The second kappa shape index (κ2) is 70.6. The third-order valence-corrected chi connectivity index (χ3v) is 15.3. The van der Waals surface area contributed by atoms with Crippen molar-refractivity contribution in [3.63, 3.8) is 0 Å². The number of hydrogen-bond donors (Lipinski definition) is 0. The maximum Gasteiger partial charge on any atom is 0.306 e. The summed E-state index contributed by atoms with van der Waals surface area (Å²) in [7, 11) is 0. The molecule has 1 atom stereocenters. The molecular formula is C77H132O6. The quantitative estimate of drug-likeness (QED) is 0.0261. The normalized spacial score (nSPS) is 12.8. The van der Waals surface area contributed by atoms with Crippen molar-refractivity contribution in [3.05, 3.63) is 109 Å². The van der Waals surface area contributed by atoms with Crippen molar-refractivity contribution >= 4 is 17.9 Å². The molecule has 0 heterocycles. The van der Waals surface area contributed by atoms with Gasteiger partial charge in [0.1, 0.15) is 13.2 Å². The Morgan fingerprint density at radius 2 is 0.470 bits per heavy atom. The van der Waals surface area contributed by atoms with Crippen molar-refractivity contribution in [1.82, 2.24) is 0 Å². The zero-order valence-electron chi connectivity index (χ0n) is 54.7. The van der Waals surface area contributed by atoms with E-state index in [0.29, 0.717) is 19.3 Å². The van der Waals surface area contributed by atoms with Crippen molar-refractivity contribution in [2.24, 2.45) is 0 Å². The highest BCUT2D eigenvalue weighted by atomic mass is 16.6. The molecule has 0 aliphatic heterocycles. The predicted octanol–water partition coefficient (Wildman–Crippen LogP) is 24.6. The van der Waals surface area contributed by atoms with Gasteiger partial charge in [0.25, 0.3) is 0 Å². The zero-order chi connectivity index (χ0) is 59.9. The van der Waals surface area contributed by atoms with Crippen LogP contribution in [-0.4, -0.2) is 37.2 Å². The monoisotopic (exact) mass is 1150 g/mol. The second-order valence-corrected chi connectivity index (χ2v) is 23.4. The van der Waals surface area contributed by atoms with Gasteiger partial charge in [0, 0.05) is 19.3 Å². The molecule has 0 bridgehead atoms. The first-order valence-electron chi connectivity index (χ1n) is 35.4. The zero-order valence-corrected chi connectivity index (χ0v) is 54.7. The highest BCUT2D eigenvalue weighted by Gasteiger charge is 2.19. The molecule has 0 saturated carbocycles. The molecule has 0 amide bonds. The van der Waals surface area contributed by atoms with E-state index in [1.54, 1.807) is 0 Å². The third-order valence-electron chi connectivity index (χ3n) is 15.3. The lowest BCUT2D eigenvalue weighted by molar-refractivity contribution is -0.167. The van der Waals surface area contributed by atoms with E-state index in [2.05, 4.69) is 130 Å². The minimum absolute atomic E-state index is 0.0768. The molecular weight excluding hydrogens is 1020 g/mol. The summed E-state index contributed by atoms with van der Waals surface area (Å²) in [4.78, 5) is 38.4. The van der Waals surface area contributed by atoms with Gasteiger partial charge in [0.2, 0.25) is 0 Å². The minimum Gasteiger partial charge on any atom is -0.462 e. The minimum atomic E-state index is -0.781. The average molecular weight is 1150 g/mol. The van der Waals surface area contributed by atoms with Crippen LogP contribution < -0.4 is 0 Å². The summed E-state index contributed by atoms with van der Waals surface area (Å²) < 4.78 is 17.0. The largest absolute Gasteiger partial charge is 0.462 e. The highest BCUT2D eigenvalue weighted by Crippen LogP contribution is 2.17. The molecule has 0 radical (unpaired) electrons. The van der Waals surface area contributed by atoms with Crippen molar-refractivity contribution in [1.29, 1.82) is 0 Å². The maximum atomic E-state index is 12.9. The Morgan fingerprint density at radius 3 is 0.747 bits per heavy atom. The van der Waals surface area contributed by atoms with E-state index in [4.69, 9.17) is 14.2 Å². The lowest BCUT2D eigenvalue weighted by Gasteiger charge is -2.18. The molecule has 0 aliphatic carbocycles. The van der Waals surface area contributed by atoms with E-state index in [0.717, 1.165) is 109 Å². The van der Waals surface area contributed by atoms with Gasteiger partial charge in [-0.3, -0.25) is 14.4 Å². The number of carbonyl (C=O) groups excluding carboxylic acids is 3. The molecule has 0 saturated heterocycles. The Bertz CT molecular complexity index is 1660. The Kier molecular flexibility index (Phi) is 67.2. The predicted molar refractivity (Wildman–Crippen MR) is 362 cm³/mol. The molecule has 0 aromatic rings. The maximum absolute atomic E-state index is 12.9. The van der Waals surface area contributed by atoms with Gasteiger partial charge in [0.15, 0.2) is 6.10 Å². The van der Waals surface area contributed by atoms with Crippen LogP contribution in [0.4, 0.5) is 0 Å². The van der Waals surface area contributed by atoms with Crippen molar-refractivity contribution in [3.8, 4) is 0 Å². The topological polar surface area (TPSA) is 78.9 Å². The molecule has 83 heavy (non-hydrogen) atoms. The number of esters is 3. The number of rotatable bonds is 64. The molecule has 476 valence electrons. The fourth-order valence-corrected chi connectivity index (χ4v) is 9.99. The molecule has 0 aromatic carbocycles. The van der Waals surface area contributed by atoms with Gasteiger partial charge < -0.3 is 14.2 Å². The Balaban J connectivity index is 4.22. The number of unbranched alkanes of at least 4 members (excludes halogenated alkanes) is 35. The van der Waals surface area contributed by atoms with Crippen LogP contribution in [0.25, 0.3) is 0 Å². The van der Waals surface area contributed by atoms with Gasteiger partial charge in [-0.25, -0.2) is 0 Å². The van der Waals surface area contributed by atoms with Gasteiger partial charge in [-0.15, -0.1) is 0 Å². The summed E-state index contributed by atoms with van der Waals surface area (Å²) in [5, 5.41) is 0. The van der Waals surface area contributed by atoms with Gasteiger partial charge in [0.05, 0.1) is 0 Å².